The van der Waals surface area contributed by atoms with Crippen molar-refractivity contribution in [2.24, 2.45) is 0 Å². The number of aromatic nitrogens is 3. The zero-order chi connectivity index (χ0) is 12.4. The fourth-order valence-electron chi connectivity index (χ4n) is 2.49. The molecule has 0 saturated carbocycles. The quantitative estimate of drug-likeness (QED) is 0.559. The second-order valence-electron chi connectivity index (χ2n) is 4.35. The summed E-state index contributed by atoms with van der Waals surface area (Å²) in [4.78, 5) is 19.0. The van der Waals surface area contributed by atoms with Gasteiger partial charge in [0.25, 0.3) is 0 Å². The van der Waals surface area contributed by atoms with E-state index in [1.807, 2.05) is 6.07 Å². The molecule has 0 spiro atoms. The van der Waals surface area contributed by atoms with Gasteiger partial charge in [0, 0.05) is 27.1 Å². The molecule has 0 radical (unpaired) electrons. The van der Waals surface area contributed by atoms with Crippen molar-refractivity contribution in [3.63, 3.8) is 0 Å². The van der Waals surface area contributed by atoms with Crippen LogP contribution >= 0.6 is 0 Å². The number of carbonyl (C=O) groups is 1. The molecule has 2 N–H and O–H groups in total. The number of hydrogen-bond acceptors (Lipinski definition) is 4. The van der Waals surface area contributed by atoms with E-state index in [1.165, 1.54) is 0 Å². The number of rotatable bonds is 3. The van der Waals surface area contributed by atoms with Gasteiger partial charge < -0.3 is 14.9 Å². The maximum absolute atomic E-state index is 10.7. The van der Waals surface area contributed by atoms with E-state index in [2.05, 4.69) is 31.4 Å². The first-order valence-corrected chi connectivity index (χ1v) is 6.05. The Balaban J connectivity index is 0.00000133. The molecule has 0 aliphatic carbocycles. The first-order valence-electron chi connectivity index (χ1n) is 6.05. The van der Waals surface area contributed by atoms with Crippen LogP contribution in [0, 0.1) is 6.20 Å². The Labute approximate surface area is 125 Å². The van der Waals surface area contributed by atoms with Crippen LogP contribution in [-0.4, -0.2) is 34.0 Å². The van der Waals surface area contributed by atoms with Crippen molar-refractivity contribution in [3.8, 4) is 0 Å². The summed E-state index contributed by atoms with van der Waals surface area (Å²) in [7, 11) is 0. The molecule has 1 aliphatic rings. The number of pyridine rings is 1. The fourth-order valence-corrected chi connectivity index (χ4v) is 2.49. The molecule has 0 bridgehead atoms. The van der Waals surface area contributed by atoms with Gasteiger partial charge in [-0.05, 0) is 37.0 Å². The van der Waals surface area contributed by atoms with Gasteiger partial charge in [-0.3, -0.25) is 10.1 Å². The first-order chi connectivity index (χ1) is 8.90. The smallest absolute Gasteiger partial charge is 0.213 e. The molecule has 2 aromatic rings. The molecule has 0 atom stereocenters. The maximum Gasteiger partial charge on any atom is 0.213 e. The van der Waals surface area contributed by atoms with E-state index in [4.69, 9.17) is 0 Å². The normalized spacial score (nSPS) is 16.0. The monoisotopic (exact) mass is 428 g/mol. The van der Waals surface area contributed by atoms with E-state index in [1.54, 1.807) is 6.20 Å². The molecule has 1 amide bonds. The van der Waals surface area contributed by atoms with Gasteiger partial charge in [0.2, 0.25) is 6.41 Å². The molecule has 0 aromatic carbocycles. The summed E-state index contributed by atoms with van der Waals surface area (Å²) in [5, 5.41) is 6.00. The first kappa shape index (κ1) is 14.2. The van der Waals surface area contributed by atoms with Crippen LogP contribution in [0.25, 0.3) is 11.0 Å². The number of hydrogen-bond donors (Lipinski definition) is 2. The van der Waals surface area contributed by atoms with Crippen LogP contribution in [0.2, 0.25) is 0 Å². The third-order valence-electron chi connectivity index (χ3n) is 3.30. The molecule has 19 heavy (non-hydrogen) atoms. The minimum Gasteiger partial charge on any atom is -0.392 e. The number of nitrogens with zero attached hydrogens (tertiary/aromatic N) is 3. The molecule has 1 saturated heterocycles. The summed E-state index contributed by atoms with van der Waals surface area (Å²) in [6.45, 7) is 1.97. The Kier molecular flexibility index (Phi) is 4.66. The summed E-state index contributed by atoms with van der Waals surface area (Å²) < 4.78 is 2.09. The Bertz CT molecular complexity index is 564. The average Bonchev–Trinajstić information content (AvgIpc) is 2.78. The summed E-state index contributed by atoms with van der Waals surface area (Å²) in [5.41, 5.74) is 1.76. The number of imidazole rings is 1. The number of anilines is 1. The van der Waals surface area contributed by atoms with Gasteiger partial charge >= 0.3 is 0 Å². The van der Waals surface area contributed by atoms with Gasteiger partial charge in [0.15, 0.2) is 5.95 Å². The summed E-state index contributed by atoms with van der Waals surface area (Å²) >= 11 is 0. The number of carbonyl (C=O) groups excluding carboxylic acids is 1. The predicted octanol–water partition coefficient (Wildman–Crippen LogP) is 0.722. The second kappa shape index (κ2) is 6.26. The number of fused-ring (bicyclic) bond motifs is 1. The second-order valence-corrected chi connectivity index (χ2v) is 4.35. The minimum absolute atomic E-state index is 0. The van der Waals surface area contributed by atoms with Gasteiger partial charge in [0.1, 0.15) is 0 Å². The van der Waals surface area contributed by atoms with E-state index in [0.717, 1.165) is 37.0 Å². The van der Waals surface area contributed by atoms with Crippen molar-refractivity contribution in [3.05, 3.63) is 18.5 Å². The SMILES string of the molecule is O=CNc1nc2cn[c-]cc2n1C1CCNCC1.[W]. The van der Waals surface area contributed by atoms with Gasteiger partial charge in [-0.2, -0.15) is 0 Å². The van der Waals surface area contributed by atoms with Gasteiger partial charge in [-0.15, -0.1) is 6.07 Å². The summed E-state index contributed by atoms with van der Waals surface area (Å²) in [6.07, 6.45) is 7.22. The summed E-state index contributed by atoms with van der Waals surface area (Å²) in [5.74, 6) is 0.591. The summed E-state index contributed by atoms with van der Waals surface area (Å²) in [6, 6.07) is 2.18. The Hall–Kier alpha value is -1.26. The van der Waals surface area contributed by atoms with Crippen molar-refractivity contribution in [2.75, 3.05) is 18.4 Å². The van der Waals surface area contributed by atoms with Crippen molar-refractivity contribution in [2.45, 2.75) is 18.9 Å². The third kappa shape index (κ3) is 2.69. The Morgan fingerprint density at radius 3 is 3.00 bits per heavy atom. The third-order valence-corrected chi connectivity index (χ3v) is 3.30. The Morgan fingerprint density at radius 1 is 1.47 bits per heavy atom. The predicted molar refractivity (Wildman–Crippen MR) is 67.2 cm³/mol. The topological polar surface area (TPSA) is 71.8 Å². The van der Waals surface area contributed by atoms with Crippen molar-refractivity contribution < 1.29 is 25.9 Å². The standard InChI is InChI=1S/C12H14N5O.W/c18-8-15-12-16-10-7-14-6-3-11(10)17(12)9-1-4-13-5-2-9;/h3,7-9,13H,1-2,4-5H2,(H,15,16,18);/q-1;. The zero-order valence-electron chi connectivity index (χ0n) is 10.3. The van der Waals surface area contributed by atoms with E-state index in [-0.39, 0.29) is 21.1 Å². The van der Waals surface area contributed by atoms with Crippen LogP contribution in [0.15, 0.2) is 12.3 Å². The molecule has 1 fully saturated rings. The van der Waals surface area contributed by atoms with Crippen LogP contribution in [0.5, 0.6) is 0 Å². The molecule has 6 nitrogen and oxygen atoms in total. The van der Waals surface area contributed by atoms with Crippen LogP contribution in [0.4, 0.5) is 5.95 Å². The van der Waals surface area contributed by atoms with Gasteiger partial charge in [-0.25, -0.2) is 4.98 Å². The molecule has 7 heteroatoms. The molecule has 3 rings (SSSR count). The minimum atomic E-state index is 0. The van der Waals surface area contributed by atoms with Crippen LogP contribution in [-0.2, 0) is 25.9 Å². The van der Waals surface area contributed by atoms with Gasteiger partial charge in [-0.1, -0.05) is 12.4 Å². The molecule has 100 valence electrons. The van der Waals surface area contributed by atoms with Crippen LogP contribution in [0.1, 0.15) is 18.9 Å². The fraction of sp³-hybridized carbons (Fsp3) is 0.417. The van der Waals surface area contributed by atoms with Crippen LogP contribution in [0.3, 0.4) is 0 Å². The number of amides is 1. The molecule has 3 heterocycles. The van der Waals surface area contributed by atoms with Crippen LogP contribution < -0.4 is 10.6 Å². The van der Waals surface area contributed by atoms with E-state index in [0.29, 0.717) is 18.4 Å². The molecular formula is C12H14N5OW-. The molecule has 1 aliphatic heterocycles. The molecular weight excluding hydrogens is 414 g/mol. The average molecular weight is 428 g/mol. The zero-order valence-corrected chi connectivity index (χ0v) is 13.2. The van der Waals surface area contributed by atoms with Gasteiger partial charge in [0.05, 0.1) is 0 Å². The number of piperidine rings is 1. The van der Waals surface area contributed by atoms with Crippen molar-refractivity contribution in [1.82, 2.24) is 19.9 Å². The largest absolute Gasteiger partial charge is 0.392 e. The van der Waals surface area contributed by atoms with Crippen molar-refractivity contribution in [1.29, 1.82) is 0 Å². The van der Waals surface area contributed by atoms with E-state index >= 15 is 0 Å². The van der Waals surface area contributed by atoms with Crippen molar-refractivity contribution >= 4 is 23.4 Å². The Morgan fingerprint density at radius 2 is 2.26 bits per heavy atom. The number of nitrogens with one attached hydrogen (secondary N) is 2. The van der Waals surface area contributed by atoms with E-state index < -0.39 is 0 Å². The molecule has 2 aromatic heterocycles. The van der Waals surface area contributed by atoms with E-state index in [9.17, 15) is 4.79 Å². The maximum atomic E-state index is 10.7. The molecule has 0 unspecified atom stereocenters.